The fraction of sp³-hybridized carbons (Fsp3) is 0.387. The Morgan fingerprint density at radius 1 is 1.00 bits per heavy atom. The molecule has 1 aliphatic carbocycles. The van der Waals surface area contributed by atoms with Gasteiger partial charge in [-0.2, -0.15) is 0 Å². The highest BCUT2D eigenvalue weighted by molar-refractivity contribution is 7.20. The maximum Gasteiger partial charge on any atom is 0.414 e. The molecule has 0 radical (unpaired) electrons. The molecule has 1 saturated heterocycles. The first-order valence-electron chi connectivity index (χ1n) is 14.1. The Hall–Kier alpha value is -3.73. The third kappa shape index (κ3) is 7.52. The minimum absolute atomic E-state index is 0.187. The zero-order valence-corrected chi connectivity index (χ0v) is 23.9. The lowest BCUT2D eigenvalue weighted by atomic mass is 9.94. The van der Waals surface area contributed by atoms with E-state index in [0.29, 0.717) is 18.0 Å². The van der Waals surface area contributed by atoms with Crippen molar-refractivity contribution >= 4 is 39.5 Å². The van der Waals surface area contributed by atoms with Crippen molar-refractivity contribution in [3.8, 4) is 5.06 Å². The number of thiophene rings is 1. The largest absolute Gasteiger partial charge is 0.414 e. The predicted molar refractivity (Wildman–Crippen MR) is 159 cm³/mol. The van der Waals surface area contributed by atoms with Crippen LogP contribution in [0.3, 0.4) is 0 Å². The first-order valence-corrected chi connectivity index (χ1v) is 14.9. The lowest BCUT2D eigenvalue weighted by Crippen LogP contribution is -2.61. The standard InChI is InChI=1S/C31H36N4O5S/c36-28(31(14-6-7-15-31)33-30(38)40-27-23-25-11-4-5-12-26(25)41-27)35(18-13-24-9-2-1-3-10-24)29(37)32-16-8-17-34-19-21-39-22-20-34/h1-7,9-12,23H,8,13-22H2,(H,32,37)(H,33,38). The maximum absolute atomic E-state index is 14.1. The predicted octanol–water partition coefficient (Wildman–Crippen LogP) is 4.58. The van der Waals surface area contributed by atoms with Gasteiger partial charge in [-0.3, -0.25) is 14.6 Å². The molecule has 0 bridgehead atoms. The summed E-state index contributed by atoms with van der Waals surface area (Å²) in [5.41, 5.74) is -0.281. The first kappa shape index (κ1) is 28.8. The number of ether oxygens (including phenoxy) is 2. The van der Waals surface area contributed by atoms with Gasteiger partial charge in [-0.25, -0.2) is 9.59 Å². The smallest absolute Gasteiger partial charge is 0.399 e. The average Bonchev–Trinajstić information content (AvgIpc) is 3.63. The Labute approximate surface area is 244 Å². The normalized spacial score (nSPS) is 16.4. The van der Waals surface area contributed by atoms with E-state index in [9.17, 15) is 14.4 Å². The Balaban J connectivity index is 1.25. The average molecular weight is 577 g/mol. The molecule has 0 spiro atoms. The Morgan fingerprint density at radius 2 is 1.73 bits per heavy atom. The first-order chi connectivity index (χ1) is 20.0. The summed E-state index contributed by atoms with van der Waals surface area (Å²) in [7, 11) is 0. The molecule has 2 aliphatic rings. The summed E-state index contributed by atoms with van der Waals surface area (Å²) in [6.45, 7) is 4.69. The zero-order valence-electron chi connectivity index (χ0n) is 23.1. The van der Waals surface area contributed by atoms with Gasteiger partial charge in [-0.15, -0.1) is 0 Å². The monoisotopic (exact) mass is 576 g/mol. The van der Waals surface area contributed by atoms with Crippen LogP contribution in [0.1, 0.15) is 24.8 Å². The highest BCUT2D eigenvalue weighted by atomic mass is 32.1. The molecule has 2 heterocycles. The van der Waals surface area contributed by atoms with E-state index in [0.717, 1.165) is 54.9 Å². The third-order valence-electron chi connectivity index (χ3n) is 7.43. The van der Waals surface area contributed by atoms with Gasteiger partial charge in [-0.05, 0) is 49.2 Å². The topological polar surface area (TPSA) is 100 Å². The summed E-state index contributed by atoms with van der Waals surface area (Å²) < 4.78 is 12.0. The van der Waals surface area contributed by atoms with Crippen LogP contribution in [0.15, 0.2) is 72.8 Å². The molecule has 9 nitrogen and oxygen atoms in total. The van der Waals surface area contributed by atoms with E-state index in [2.05, 4.69) is 15.5 Å². The van der Waals surface area contributed by atoms with Crippen LogP contribution < -0.4 is 15.4 Å². The molecule has 1 fully saturated rings. The molecule has 1 aromatic heterocycles. The summed E-state index contributed by atoms with van der Waals surface area (Å²) in [6.07, 6.45) is 4.81. The molecule has 0 atom stereocenters. The molecule has 2 aromatic carbocycles. The zero-order chi connectivity index (χ0) is 28.5. The minimum Gasteiger partial charge on any atom is -0.399 e. The number of hydrogen-bond acceptors (Lipinski definition) is 7. The number of nitrogens with one attached hydrogen (secondary N) is 2. The highest BCUT2D eigenvalue weighted by Gasteiger charge is 2.45. The second-order valence-corrected chi connectivity index (χ2v) is 11.4. The van der Waals surface area contributed by atoms with Crippen molar-refractivity contribution in [3.63, 3.8) is 0 Å². The molecule has 0 saturated carbocycles. The number of nitrogens with zero attached hydrogens (tertiary/aromatic N) is 2. The van der Waals surface area contributed by atoms with Gasteiger partial charge in [0, 0.05) is 36.9 Å². The number of fused-ring (bicyclic) bond motifs is 1. The molecule has 3 aromatic rings. The van der Waals surface area contributed by atoms with Crippen molar-refractivity contribution in [2.75, 3.05) is 45.9 Å². The van der Waals surface area contributed by atoms with Crippen molar-refractivity contribution in [1.82, 2.24) is 20.4 Å². The molecule has 5 rings (SSSR count). The highest BCUT2D eigenvalue weighted by Crippen LogP contribution is 2.32. The molecular formula is C31H36N4O5S. The van der Waals surface area contributed by atoms with Crippen LogP contribution in [-0.2, 0) is 16.0 Å². The molecule has 0 unspecified atom stereocenters. The number of benzene rings is 2. The van der Waals surface area contributed by atoms with Crippen LogP contribution in [0.25, 0.3) is 10.1 Å². The van der Waals surface area contributed by atoms with Gasteiger partial charge < -0.3 is 20.1 Å². The van der Waals surface area contributed by atoms with Gasteiger partial charge in [0.05, 0.1) is 13.2 Å². The van der Waals surface area contributed by atoms with Crippen LogP contribution in [-0.4, -0.2) is 79.3 Å². The summed E-state index contributed by atoms with van der Waals surface area (Å²) in [6, 6.07) is 18.8. The fourth-order valence-corrected chi connectivity index (χ4v) is 6.07. The SMILES string of the molecule is O=C(NC1(C(=O)N(CCc2ccccc2)C(=O)NCCCN2CCOCC2)CC=CC1)Oc1cc2ccccc2s1. The van der Waals surface area contributed by atoms with E-state index in [1.807, 2.05) is 66.7 Å². The van der Waals surface area contributed by atoms with Crippen molar-refractivity contribution in [2.45, 2.75) is 31.2 Å². The van der Waals surface area contributed by atoms with Gasteiger partial charge >= 0.3 is 12.1 Å². The number of urea groups is 1. The molecule has 4 amide bonds. The van der Waals surface area contributed by atoms with Crippen LogP contribution in [0, 0.1) is 0 Å². The Bertz CT molecular complexity index is 1330. The quantitative estimate of drug-likeness (QED) is 0.271. The third-order valence-corrected chi connectivity index (χ3v) is 8.43. The second-order valence-electron chi connectivity index (χ2n) is 10.3. The van der Waals surface area contributed by atoms with Crippen LogP contribution in [0.5, 0.6) is 5.06 Å². The van der Waals surface area contributed by atoms with Crippen LogP contribution in [0.2, 0.25) is 0 Å². The molecule has 1 aliphatic heterocycles. The number of rotatable bonds is 10. The van der Waals surface area contributed by atoms with E-state index >= 15 is 0 Å². The molecule has 216 valence electrons. The van der Waals surface area contributed by atoms with E-state index in [4.69, 9.17) is 9.47 Å². The van der Waals surface area contributed by atoms with Crippen molar-refractivity contribution in [3.05, 3.63) is 78.4 Å². The number of hydrogen-bond donors (Lipinski definition) is 2. The second kappa shape index (κ2) is 13.8. The van der Waals surface area contributed by atoms with E-state index in [-0.39, 0.29) is 19.4 Å². The summed E-state index contributed by atoms with van der Waals surface area (Å²) in [4.78, 5) is 44.1. The fourth-order valence-electron chi connectivity index (χ4n) is 5.16. The minimum atomic E-state index is -1.30. The molecule has 2 N–H and O–H groups in total. The Kier molecular flexibility index (Phi) is 9.66. The number of imide groups is 1. The lowest BCUT2D eigenvalue weighted by molar-refractivity contribution is -0.134. The van der Waals surface area contributed by atoms with Gasteiger partial charge in [0.15, 0.2) is 5.06 Å². The number of carbonyl (C=O) groups excluding carboxylic acids is 3. The number of carbonyl (C=O) groups is 3. The van der Waals surface area contributed by atoms with Gasteiger partial charge in [-0.1, -0.05) is 72.0 Å². The summed E-state index contributed by atoms with van der Waals surface area (Å²) >= 11 is 1.36. The number of morpholine rings is 1. The molecule has 10 heteroatoms. The molecular weight excluding hydrogens is 540 g/mol. The van der Waals surface area contributed by atoms with Crippen molar-refractivity contribution in [2.24, 2.45) is 0 Å². The van der Waals surface area contributed by atoms with Gasteiger partial charge in [0.2, 0.25) is 0 Å². The van der Waals surface area contributed by atoms with Gasteiger partial charge in [0.25, 0.3) is 5.91 Å². The maximum atomic E-state index is 14.1. The van der Waals surface area contributed by atoms with Crippen LogP contribution >= 0.6 is 11.3 Å². The van der Waals surface area contributed by atoms with Crippen molar-refractivity contribution < 1.29 is 23.9 Å². The van der Waals surface area contributed by atoms with Gasteiger partial charge in [0.1, 0.15) is 5.54 Å². The van der Waals surface area contributed by atoms with Crippen molar-refractivity contribution in [1.29, 1.82) is 0 Å². The Morgan fingerprint density at radius 3 is 2.49 bits per heavy atom. The van der Waals surface area contributed by atoms with Crippen LogP contribution in [0.4, 0.5) is 9.59 Å². The molecule has 41 heavy (non-hydrogen) atoms. The summed E-state index contributed by atoms with van der Waals surface area (Å²) in [5, 5.41) is 7.17. The lowest BCUT2D eigenvalue weighted by Gasteiger charge is -2.34. The van der Waals surface area contributed by atoms with E-state index in [1.54, 1.807) is 6.07 Å². The van der Waals surface area contributed by atoms with E-state index < -0.39 is 23.6 Å². The summed E-state index contributed by atoms with van der Waals surface area (Å²) in [5.74, 6) is -0.447. The number of amides is 4. The van der Waals surface area contributed by atoms with E-state index in [1.165, 1.54) is 16.2 Å².